The van der Waals surface area contributed by atoms with Gasteiger partial charge in [-0.1, -0.05) is 12.8 Å². The Kier molecular flexibility index (Phi) is 5.11. The van der Waals surface area contributed by atoms with Crippen molar-refractivity contribution in [2.24, 2.45) is 11.8 Å². The minimum atomic E-state index is 0.993. The molecule has 94 valence electrons. The first kappa shape index (κ1) is 12.4. The number of hydrogen-bond acceptors (Lipinski definition) is 2. The van der Waals surface area contributed by atoms with Crippen molar-refractivity contribution < 1.29 is 0 Å². The summed E-state index contributed by atoms with van der Waals surface area (Å²) in [6.07, 6.45) is 10.2. The molecule has 0 spiro atoms. The van der Waals surface area contributed by atoms with E-state index in [2.05, 4.69) is 17.3 Å². The van der Waals surface area contributed by atoms with E-state index in [0.29, 0.717) is 0 Å². The average Bonchev–Trinajstić information content (AvgIpc) is 2.81. The summed E-state index contributed by atoms with van der Waals surface area (Å²) in [5.41, 5.74) is 0. The van der Waals surface area contributed by atoms with Gasteiger partial charge in [0.2, 0.25) is 0 Å². The van der Waals surface area contributed by atoms with Gasteiger partial charge in [-0.15, -0.1) is 0 Å². The lowest BCUT2D eigenvalue weighted by Gasteiger charge is -2.33. The minimum Gasteiger partial charge on any atom is -0.320 e. The molecule has 2 aliphatic rings. The Balaban J connectivity index is 1.60. The van der Waals surface area contributed by atoms with E-state index >= 15 is 0 Å². The van der Waals surface area contributed by atoms with Crippen molar-refractivity contribution >= 4 is 0 Å². The third-order valence-electron chi connectivity index (χ3n) is 4.50. The Labute approximate surface area is 101 Å². The monoisotopic (exact) mass is 224 g/mol. The van der Waals surface area contributed by atoms with Crippen LogP contribution in [-0.4, -0.2) is 38.1 Å². The van der Waals surface area contributed by atoms with E-state index in [1.54, 1.807) is 0 Å². The van der Waals surface area contributed by atoms with Gasteiger partial charge in [-0.3, -0.25) is 0 Å². The van der Waals surface area contributed by atoms with Gasteiger partial charge in [-0.25, -0.2) is 0 Å². The number of piperidine rings is 1. The van der Waals surface area contributed by atoms with Crippen molar-refractivity contribution in [1.82, 2.24) is 10.2 Å². The maximum Gasteiger partial charge on any atom is 0.000966 e. The molecule has 2 rings (SSSR count). The SMILES string of the molecule is CNCCC1CCN(CC2CCCC2)CC1. The van der Waals surface area contributed by atoms with E-state index in [0.717, 1.165) is 11.8 Å². The molecule has 0 aromatic heterocycles. The fraction of sp³-hybridized carbons (Fsp3) is 1.00. The molecule has 2 fully saturated rings. The van der Waals surface area contributed by atoms with Crippen LogP contribution in [0.2, 0.25) is 0 Å². The maximum absolute atomic E-state index is 3.27. The quantitative estimate of drug-likeness (QED) is 0.772. The summed E-state index contributed by atoms with van der Waals surface area (Å²) in [6, 6.07) is 0. The number of hydrogen-bond donors (Lipinski definition) is 1. The second kappa shape index (κ2) is 6.61. The molecular formula is C14H28N2. The van der Waals surface area contributed by atoms with Crippen molar-refractivity contribution in [2.45, 2.75) is 44.9 Å². The van der Waals surface area contributed by atoms with Gasteiger partial charge in [0, 0.05) is 6.54 Å². The lowest BCUT2D eigenvalue weighted by Crippen LogP contribution is -2.37. The summed E-state index contributed by atoms with van der Waals surface area (Å²) in [6.45, 7) is 5.34. The van der Waals surface area contributed by atoms with Gasteiger partial charge < -0.3 is 10.2 Å². The molecule has 1 saturated heterocycles. The zero-order valence-electron chi connectivity index (χ0n) is 10.9. The Morgan fingerprint density at radius 1 is 1.00 bits per heavy atom. The molecule has 0 aromatic carbocycles. The molecule has 0 amide bonds. The van der Waals surface area contributed by atoms with E-state index in [4.69, 9.17) is 0 Å². The predicted molar refractivity (Wildman–Crippen MR) is 69.7 cm³/mol. The van der Waals surface area contributed by atoms with Crippen molar-refractivity contribution in [2.75, 3.05) is 33.2 Å². The molecule has 1 heterocycles. The lowest BCUT2D eigenvalue weighted by molar-refractivity contribution is 0.157. The standard InChI is InChI=1S/C14H28N2/c1-15-9-6-13-7-10-16(11-8-13)12-14-4-2-3-5-14/h13-15H,2-12H2,1H3. The van der Waals surface area contributed by atoms with Gasteiger partial charge in [0.15, 0.2) is 0 Å². The smallest absolute Gasteiger partial charge is 0.000966 e. The Hall–Kier alpha value is -0.0800. The maximum atomic E-state index is 3.27. The van der Waals surface area contributed by atoms with Crippen LogP contribution >= 0.6 is 0 Å². The normalized spacial score (nSPS) is 25.3. The highest BCUT2D eigenvalue weighted by atomic mass is 15.1. The molecule has 0 atom stereocenters. The first-order valence-electron chi connectivity index (χ1n) is 7.25. The van der Waals surface area contributed by atoms with Crippen LogP contribution in [0.1, 0.15) is 44.9 Å². The van der Waals surface area contributed by atoms with Crippen LogP contribution in [0.15, 0.2) is 0 Å². The van der Waals surface area contributed by atoms with Crippen LogP contribution in [0.4, 0.5) is 0 Å². The van der Waals surface area contributed by atoms with Gasteiger partial charge in [-0.2, -0.15) is 0 Å². The topological polar surface area (TPSA) is 15.3 Å². The predicted octanol–water partition coefficient (Wildman–Crippen LogP) is 2.50. The summed E-state index contributed by atoms with van der Waals surface area (Å²) in [5.74, 6) is 2.03. The summed E-state index contributed by atoms with van der Waals surface area (Å²) in [5, 5.41) is 3.27. The van der Waals surface area contributed by atoms with Crippen molar-refractivity contribution in [1.29, 1.82) is 0 Å². The zero-order chi connectivity index (χ0) is 11.2. The molecule has 0 aromatic rings. The molecule has 0 radical (unpaired) electrons. The number of likely N-dealkylation sites (tertiary alicyclic amines) is 1. The van der Waals surface area contributed by atoms with E-state index in [1.807, 2.05) is 0 Å². The number of nitrogens with zero attached hydrogens (tertiary/aromatic N) is 1. The summed E-state index contributed by atoms with van der Waals surface area (Å²) in [7, 11) is 2.06. The van der Waals surface area contributed by atoms with Crippen LogP contribution in [0.25, 0.3) is 0 Å². The highest BCUT2D eigenvalue weighted by molar-refractivity contribution is 4.77. The van der Waals surface area contributed by atoms with E-state index in [1.165, 1.54) is 71.1 Å². The minimum absolute atomic E-state index is 0.993. The Morgan fingerprint density at radius 2 is 1.69 bits per heavy atom. The number of nitrogens with one attached hydrogen (secondary N) is 1. The van der Waals surface area contributed by atoms with Crippen LogP contribution < -0.4 is 5.32 Å². The first-order chi connectivity index (χ1) is 7.88. The van der Waals surface area contributed by atoms with Gasteiger partial charge in [0.05, 0.1) is 0 Å². The molecule has 1 saturated carbocycles. The molecular weight excluding hydrogens is 196 g/mol. The lowest BCUT2D eigenvalue weighted by atomic mass is 9.93. The van der Waals surface area contributed by atoms with Crippen LogP contribution in [-0.2, 0) is 0 Å². The molecule has 1 N–H and O–H groups in total. The average molecular weight is 224 g/mol. The fourth-order valence-corrected chi connectivity index (χ4v) is 3.36. The molecule has 1 aliphatic heterocycles. The van der Waals surface area contributed by atoms with Crippen molar-refractivity contribution in [3.8, 4) is 0 Å². The molecule has 16 heavy (non-hydrogen) atoms. The fourth-order valence-electron chi connectivity index (χ4n) is 3.36. The second-order valence-corrected chi connectivity index (χ2v) is 5.79. The number of rotatable bonds is 5. The van der Waals surface area contributed by atoms with Gasteiger partial charge in [0.1, 0.15) is 0 Å². The highest BCUT2D eigenvalue weighted by Crippen LogP contribution is 2.27. The van der Waals surface area contributed by atoms with Crippen molar-refractivity contribution in [3.63, 3.8) is 0 Å². The third kappa shape index (κ3) is 3.74. The molecule has 0 unspecified atom stereocenters. The van der Waals surface area contributed by atoms with E-state index < -0.39 is 0 Å². The van der Waals surface area contributed by atoms with E-state index in [9.17, 15) is 0 Å². The summed E-state index contributed by atoms with van der Waals surface area (Å²) < 4.78 is 0. The summed E-state index contributed by atoms with van der Waals surface area (Å²) >= 11 is 0. The molecule has 2 nitrogen and oxygen atoms in total. The Morgan fingerprint density at radius 3 is 2.31 bits per heavy atom. The molecule has 0 bridgehead atoms. The van der Waals surface area contributed by atoms with E-state index in [-0.39, 0.29) is 0 Å². The summed E-state index contributed by atoms with van der Waals surface area (Å²) in [4.78, 5) is 2.73. The van der Waals surface area contributed by atoms with Gasteiger partial charge in [-0.05, 0) is 70.6 Å². The zero-order valence-corrected chi connectivity index (χ0v) is 10.9. The van der Waals surface area contributed by atoms with Gasteiger partial charge >= 0.3 is 0 Å². The third-order valence-corrected chi connectivity index (χ3v) is 4.50. The molecule has 1 aliphatic carbocycles. The Bertz CT molecular complexity index is 179. The van der Waals surface area contributed by atoms with Gasteiger partial charge in [0.25, 0.3) is 0 Å². The van der Waals surface area contributed by atoms with Crippen LogP contribution in [0.5, 0.6) is 0 Å². The second-order valence-electron chi connectivity index (χ2n) is 5.79. The molecule has 2 heteroatoms. The van der Waals surface area contributed by atoms with Crippen LogP contribution in [0, 0.1) is 11.8 Å². The van der Waals surface area contributed by atoms with Crippen LogP contribution in [0.3, 0.4) is 0 Å². The highest BCUT2D eigenvalue weighted by Gasteiger charge is 2.22. The van der Waals surface area contributed by atoms with Crippen molar-refractivity contribution in [3.05, 3.63) is 0 Å². The first-order valence-corrected chi connectivity index (χ1v) is 7.25. The largest absolute Gasteiger partial charge is 0.320 e.